The van der Waals surface area contributed by atoms with Gasteiger partial charge < -0.3 is 10.0 Å². The number of hydrogen-bond acceptors (Lipinski definition) is 3. The minimum atomic E-state index is -0.395. The highest BCUT2D eigenvalue weighted by Gasteiger charge is 2.62. The van der Waals surface area contributed by atoms with Crippen LogP contribution < -0.4 is 0 Å². The van der Waals surface area contributed by atoms with Crippen molar-refractivity contribution in [3.63, 3.8) is 0 Å². The minimum absolute atomic E-state index is 0.00479. The number of nitrogens with zero attached hydrogens (tertiary/aromatic N) is 3. The van der Waals surface area contributed by atoms with Gasteiger partial charge in [0.25, 0.3) is 0 Å². The Morgan fingerprint density at radius 3 is 3.27 bits per heavy atom. The summed E-state index contributed by atoms with van der Waals surface area (Å²) in [5, 5.41) is 13.0. The van der Waals surface area contributed by atoms with Crippen molar-refractivity contribution in [2.45, 2.75) is 12.0 Å². The average molecular weight is 206 g/mol. The number of likely N-dealkylation sites (tertiary alicyclic amines) is 1. The molecular formula is C10H12N3O2. The minimum Gasteiger partial charge on any atom is -0.387 e. The lowest BCUT2D eigenvalue weighted by Gasteiger charge is -2.20. The second kappa shape index (κ2) is 2.82. The molecule has 1 N–H and O–H groups in total. The summed E-state index contributed by atoms with van der Waals surface area (Å²) in [6.45, 7) is 1.03. The van der Waals surface area contributed by atoms with E-state index < -0.39 is 6.61 Å². The highest BCUT2D eigenvalue weighted by atomic mass is 16.3. The molecule has 0 spiro atoms. The van der Waals surface area contributed by atoms with E-state index in [4.69, 9.17) is 5.11 Å². The predicted octanol–water partition coefficient (Wildman–Crippen LogP) is -0.767. The zero-order valence-electron chi connectivity index (χ0n) is 8.26. The zero-order chi connectivity index (χ0) is 10.5. The van der Waals surface area contributed by atoms with Crippen LogP contribution in [-0.2, 0) is 10.3 Å². The standard InChI is InChI=1S/C10H12N3O2/c14-6-9(15)12-5-8-4-10(8,7-12)13-3-1-2-11-13/h2-3,8,14H,4-7H2. The van der Waals surface area contributed by atoms with Gasteiger partial charge in [-0.3, -0.25) is 9.48 Å². The first-order valence-electron chi connectivity index (χ1n) is 5.06. The summed E-state index contributed by atoms with van der Waals surface area (Å²) in [6.07, 6.45) is 4.55. The Labute approximate surface area is 87.3 Å². The van der Waals surface area contributed by atoms with E-state index in [0.717, 1.165) is 13.0 Å². The molecule has 2 atom stereocenters. The van der Waals surface area contributed by atoms with Crippen LogP contribution in [0.2, 0.25) is 0 Å². The normalized spacial score (nSPS) is 32.9. The van der Waals surface area contributed by atoms with E-state index in [1.807, 2.05) is 10.9 Å². The van der Waals surface area contributed by atoms with E-state index in [0.29, 0.717) is 12.5 Å². The molecule has 1 aliphatic heterocycles. The molecule has 1 aromatic heterocycles. The van der Waals surface area contributed by atoms with Gasteiger partial charge in [-0.15, -0.1) is 0 Å². The first-order valence-corrected chi connectivity index (χ1v) is 5.06. The predicted molar refractivity (Wildman–Crippen MR) is 50.8 cm³/mol. The molecule has 3 rings (SSSR count). The maximum Gasteiger partial charge on any atom is 0.248 e. The second-order valence-electron chi connectivity index (χ2n) is 4.32. The lowest BCUT2D eigenvalue weighted by molar-refractivity contribution is -0.133. The van der Waals surface area contributed by atoms with Gasteiger partial charge in [0.05, 0.1) is 11.7 Å². The fourth-order valence-corrected chi connectivity index (χ4v) is 2.58. The maximum absolute atomic E-state index is 11.3. The average Bonchev–Trinajstić information content (AvgIpc) is 2.75. The summed E-state index contributed by atoms with van der Waals surface area (Å²) in [6, 6.07) is 2.92. The van der Waals surface area contributed by atoms with Crippen LogP contribution in [0.4, 0.5) is 0 Å². The number of fused-ring (bicyclic) bond motifs is 1. The summed E-state index contributed by atoms with van der Waals surface area (Å²) < 4.78 is 1.91. The molecule has 2 unspecified atom stereocenters. The van der Waals surface area contributed by atoms with Gasteiger partial charge in [-0.25, -0.2) is 0 Å². The molecule has 2 heterocycles. The summed E-state index contributed by atoms with van der Waals surface area (Å²) in [5.74, 6) is 0.319. The van der Waals surface area contributed by atoms with E-state index in [1.165, 1.54) is 0 Å². The number of amides is 1. The molecule has 1 radical (unpaired) electrons. The van der Waals surface area contributed by atoms with Gasteiger partial charge in [-0.2, -0.15) is 5.10 Å². The van der Waals surface area contributed by atoms with E-state index in [9.17, 15) is 4.79 Å². The van der Waals surface area contributed by atoms with Gasteiger partial charge in [-0.05, 0) is 6.42 Å². The number of carbonyl (C=O) groups excluding carboxylic acids is 1. The smallest absolute Gasteiger partial charge is 0.248 e. The van der Waals surface area contributed by atoms with E-state index in [1.54, 1.807) is 11.1 Å². The van der Waals surface area contributed by atoms with Crippen LogP contribution in [0.15, 0.2) is 12.4 Å². The lowest BCUT2D eigenvalue weighted by atomic mass is 10.2. The summed E-state index contributed by atoms with van der Waals surface area (Å²) in [4.78, 5) is 13.0. The van der Waals surface area contributed by atoms with E-state index in [2.05, 4.69) is 11.2 Å². The number of rotatable bonds is 2. The zero-order valence-corrected chi connectivity index (χ0v) is 8.26. The largest absolute Gasteiger partial charge is 0.387 e. The molecule has 15 heavy (non-hydrogen) atoms. The van der Waals surface area contributed by atoms with Gasteiger partial charge >= 0.3 is 0 Å². The van der Waals surface area contributed by atoms with Crippen LogP contribution in [-0.4, -0.2) is 45.4 Å². The van der Waals surface area contributed by atoms with Crippen molar-refractivity contribution in [3.8, 4) is 0 Å². The number of piperidine rings is 1. The molecule has 2 aliphatic rings. The van der Waals surface area contributed by atoms with Crippen LogP contribution in [0, 0.1) is 12.0 Å². The van der Waals surface area contributed by atoms with Crippen molar-refractivity contribution >= 4 is 5.91 Å². The van der Waals surface area contributed by atoms with Crippen LogP contribution in [0.5, 0.6) is 0 Å². The SMILES string of the molecule is O=C(CO)N1CC2CC2(n2c[c]cn2)C1. The Kier molecular flexibility index (Phi) is 1.68. The van der Waals surface area contributed by atoms with Crippen molar-refractivity contribution in [3.05, 3.63) is 18.5 Å². The van der Waals surface area contributed by atoms with Crippen molar-refractivity contribution in [1.82, 2.24) is 14.7 Å². The van der Waals surface area contributed by atoms with Gasteiger partial charge in [0.2, 0.25) is 5.91 Å². The quantitative estimate of drug-likeness (QED) is 0.691. The van der Waals surface area contributed by atoms with Gasteiger partial charge in [0, 0.05) is 31.3 Å². The van der Waals surface area contributed by atoms with Crippen LogP contribution in [0.3, 0.4) is 0 Å². The van der Waals surface area contributed by atoms with Crippen LogP contribution >= 0.6 is 0 Å². The molecule has 1 aromatic rings. The molecule has 5 heteroatoms. The number of carbonyl (C=O) groups is 1. The molecule has 1 aliphatic carbocycles. The number of hydrogen-bond donors (Lipinski definition) is 1. The van der Waals surface area contributed by atoms with E-state index >= 15 is 0 Å². The fourth-order valence-electron chi connectivity index (χ4n) is 2.58. The summed E-state index contributed by atoms with van der Waals surface area (Å²) >= 11 is 0. The first-order chi connectivity index (χ1) is 7.26. The molecule has 5 nitrogen and oxygen atoms in total. The fraction of sp³-hybridized carbons (Fsp3) is 0.600. The molecule has 0 bridgehead atoms. The molecule has 1 saturated carbocycles. The van der Waals surface area contributed by atoms with E-state index in [-0.39, 0.29) is 11.4 Å². The van der Waals surface area contributed by atoms with Gasteiger partial charge in [0.1, 0.15) is 6.61 Å². The van der Waals surface area contributed by atoms with Crippen LogP contribution in [0.25, 0.3) is 0 Å². The van der Waals surface area contributed by atoms with Gasteiger partial charge in [-0.1, -0.05) is 0 Å². The van der Waals surface area contributed by atoms with Crippen molar-refractivity contribution < 1.29 is 9.90 Å². The Morgan fingerprint density at radius 1 is 1.73 bits per heavy atom. The number of aliphatic hydroxyl groups excluding tert-OH is 1. The monoisotopic (exact) mass is 206 g/mol. The highest BCUT2D eigenvalue weighted by Crippen LogP contribution is 2.55. The second-order valence-corrected chi connectivity index (χ2v) is 4.32. The third kappa shape index (κ3) is 1.13. The van der Waals surface area contributed by atoms with Crippen molar-refractivity contribution in [2.75, 3.05) is 19.7 Å². The number of aromatic nitrogens is 2. The Morgan fingerprint density at radius 2 is 2.60 bits per heavy atom. The highest BCUT2D eigenvalue weighted by molar-refractivity contribution is 5.78. The molecule has 1 saturated heterocycles. The maximum atomic E-state index is 11.3. The Hall–Kier alpha value is -1.36. The summed E-state index contributed by atoms with van der Waals surface area (Å²) in [5.41, 5.74) is 0.00479. The first kappa shape index (κ1) is 8.91. The lowest BCUT2D eigenvalue weighted by Crippen LogP contribution is -2.36. The molecule has 2 fully saturated rings. The molecule has 0 aromatic carbocycles. The van der Waals surface area contributed by atoms with Crippen LogP contribution in [0.1, 0.15) is 6.42 Å². The van der Waals surface area contributed by atoms with Crippen molar-refractivity contribution in [2.24, 2.45) is 5.92 Å². The third-order valence-electron chi connectivity index (χ3n) is 3.50. The third-order valence-corrected chi connectivity index (χ3v) is 3.50. The number of aliphatic hydroxyl groups is 1. The summed E-state index contributed by atoms with van der Waals surface area (Å²) in [7, 11) is 0. The molecule has 79 valence electrons. The van der Waals surface area contributed by atoms with Crippen molar-refractivity contribution in [1.29, 1.82) is 0 Å². The van der Waals surface area contributed by atoms with Gasteiger partial charge in [0.15, 0.2) is 0 Å². The Balaban J connectivity index is 1.80. The molecular weight excluding hydrogens is 194 g/mol. The molecule has 1 amide bonds. The Bertz CT molecular complexity index is 389. The topological polar surface area (TPSA) is 58.4 Å².